The van der Waals surface area contributed by atoms with Gasteiger partial charge in [0.1, 0.15) is 0 Å². The molecule has 1 unspecified atom stereocenters. The van der Waals surface area contributed by atoms with E-state index in [1.807, 2.05) is 36.4 Å². The molecule has 0 bridgehead atoms. The third kappa shape index (κ3) is 4.02. The van der Waals surface area contributed by atoms with Gasteiger partial charge in [-0.3, -0.25) is 9.63 Å². The summed E-state index contributed by atoms with van der Waals surface area (Å²) in [6.45, 7) is 0.692. The van der Waals surface area contributed by atoms with Gasteiger partial charge in [0.15, 0.2) is 6.04 Å². The standard InChI is InChI=1S/C21H24N2O4/c22-12-6-5-11-20(21(25)26)23(14-24)27-13-19-17-9-3-1-7-15(17)16-8-2-4-10-18(16)19/h1-4,7-10,14,19-20H,5-6,11-13,22H2,(H,25,26). The Bertz CT molecular complexity index is 763. The lowest BCUT2D eigenvalue weighted by molar-refractivity contribution is -0.197. The number of nitrogens with zero attached hydrogens (tertiary/aromatic N) is 1. The van der Waals surface area contributed by atoms with Crippen molar-refractivity contribution < 1.29 is 19.5 Å². The average Bonchev–Trinajstić information content (AvgIpc) is 3.01. The van der Waals surface area contributed by atoms with Crippen LogP contribution in [0.5, 0.6) is 0 Å². The third-order valence-corrected chi connectivity index (χ3v) is 4.98. The second-order valence-electron chi connectivity index (χ2n) is 6.63. The number of amides is 1. The van der Waals surface area contributed by atoms with E-state index in [0.717, 1.165) is 27.3 Å². The first kappa shape index (κ1) is 19.1. The van der Waals surface area contributed by atoms with Crippen molar-refractivity contribution in [3.63, 3.8) is 0 Å². The average molecular weight is 368 g/mol. The van der Waals surface area contributed by atoms with Crippen molar-refractivity contribution in [3.8, 4) is 11.1 Å². The van der Waals surface area contributed by atoms with Crippen molar-refractivity contribution in [3.05, 3.63) is 59.7 Å². The summed E-state index contributed by atoms with van der Waals surface area (Å²) in [5.74, 6) is -1.12. The fourth-order valence-electron chi connectivity index (χ4n) is 3.64. The Labute approximate surface area is 158 Å². The Hall–Kier alpha value is -2.70. The molecule has 0 aliphatic heterocycles. The molecule has 0 heterocycles. The molecule has 2 aromatic rings. The smallest absolute Gasteiger partial charge is 0.329 e. The maximum absolute atomic E-state index is 11.6. The summed E-state index contributed by atoms with van der Waals surface area (Å²) >= 11 is 0. The van der Waals surface area contributed by atoms with Gasteiger partial charge in [0.05, 0.1) is 6.61 Å². The summed E-state index contributed by atoms with van der Waals surface area (Å²) in [5, 5.41) is 10.4. The van der Waals surface area contributed by atoms with Crippen LogP contribution in [0.3, 0.4) is 0 Å². The van der Waals surface area contributed by atoms with E-state index in [1.165, 1.54) is 0 Å². The number of unbranched alkanes of at least 4 members (excludes halogenated alkanes) is 1. The lowest BCUT2D eigenvalue weighted by Gasteiger charge is -2.26. The summed E-state index contributed by atoms with van der Waals surface area (Å²) in [7, 11) is 0. The van der Waals surface area contributed by atoms with Crippen LogP contribution in [-0.4, -0.2) is 41.7 Å². The summed E-state index contributed by atoms with van der Waals surface area (Å²) in [6.07, 6.45) is 2.09. The highest BCUT2D eigenvalue weighted by Crippen LogP contribution is 2.44. The van der Waals surface area contributed by atoms with E-state index >= 15 is 0 Å². The minimum atomic E-state index is -1.08. The van der Waals surface area contributed by atoms with E-state index < -0.39 is 12.0 Å². The molecule has 0 saturated heterocycles. The van der Waals surface area contributed by atoms with Crippen LogP contribution in [0.1, 0.15) is 36.3 Å². The molecule has 142 valence electrons. The first-order chi connectivity index (χ1) is 13.2. The summed E-state index contributed by atoms with van der Waals surface area (Å²) in [5.41, 5.74) is 10.0. The van der Waals surface area contributed by atoms with Gasteiger partial charge in [-0.05, 0) is 48.1 Å². The van der Waals surface area contributed by atoms with Gasteiger partial charge < -0.3 is 10.8 Å². The number of rotatable bonds is 10. The van der Waals surface area contributed by atoms with Gasteiger partial charge in [-0.2, -0.15) is 0 Å². The van der Waals surface area contributed by atoms with Crippen molar-refractivity contribution in [1.29, 1.82) is 0 Å². The Kier molecular flexibility index (Phi) is 6.21. The van der Waals surface area contributed by atoms with Gasteiger partial charge in [0.25, 0.3) is 0 Å². The normalized spacial score (nSPS) is 13.7. The van der Waals surface area contributed by atoms with Crippen molar-refractivity contribution in [2.45, 2.75) is 31.2 Å². The fourth-order valence-corrected chi connectivity index (χ4v) is 3.64. The molecule has 0 fully saturated rings. The molecule has 0 saturated carbocycles. The first-order valence-corrected chi connectivity index (χ1v) is 9.15. The zero-order valence-corrected chi connectivity index (χ0v) is 15.1. The Balaban J connectivity index is 1.76. The molecule has 1 atom stereocenters. The predicted molar refractivity (Wildman–Crippen MR) is 102 cm³/mol. The minimum absolute atomic E-state index is 0.0432. The van der Waals surface area contributed by atoms with E-state index in [0.29, 0.717) is 32.2 Å². The van der Waals surface area contributed by atoms with E-state index in [-0.39, 0.29) is 12.5 Å². The topological polar surface area (TPSA) is 92.9 Å². The Morgan fingerprint density at radius 1 is 1.11 bits per heavy atom. The van der Waals surface area contributed by atoms with Crippen LogP contribution >= 0.6 is 0 Å². The monoisotopic (exact) mass is 368 g/mol. The number of nitrogens with two attached hydrogens (primary N) is 1. The molecule has 6 heteroatoms. The minimum Gasteiger partial charge on any atom is -0.480 e. The molecule has 3 rings (SSSR count). The molecule has 27 heavy (non-hydrogen) atoms. The molecular formula is C21H24N2O4. The molecular weight excluding hydrogens is 344 g/mol. The first-order valence-electron chi connectivity index (χ1n) is 9.15. The highest BCUT2D eigenvalue weighted by Gasteiger charge is 2.31. The number of hydrogen-bond donors (Lipinski definition) is 2. The van der Waals surface area contributed by atoms with Crippen molar-refractivity contribution in [1.82, 2.24) is 5.06 Å². The number of carbonyl (C=O) groups is 2. The maximum Gasteiger partial charge on any atom is 0.329 e. The van der Waals surface area contributed by atoms with E-state index in [4.69, 9.17) is 10.6 Å². The molecule has 1 aliphatic carbocycles. The van der Waals surface area contributed by atoms with E-state index in [2.05, 4.69) is 12.1 Å². The number of hydrogen-bond acceptors (Lipinski definition) is 4. The van der Waals surface area contributed by atoms with Crippen LogP contribution in [0.15, 0.2) is 48.5 Å². The zero-order valence-electron chi connectivity index (χ0n) is 15.1. The summed E-state index contributed by atoms with van der Waals surface area (Å²) < 4.78 is 0. The van der Waals surface area contributed by atoms with Crippen LogP contribution in [-0.2, 0) is 14.4 Å². The molecule has 0 spiro atoms. The van der Waals surface area contributed by atoms with Crippen LogP contribution in [0.25, 0.3) is 11.1 Å². The quantitative estimate of drug-likeness (QED) is 0.382. The molecule has 0 aromatic heterocycles. The SMILES string of the molecule is NCCCCC(C(=O)O)N(C=O)OCC1c2ccccc2-c2ccccc21. The summed E-state index contributed by atoms with van der Waals surface area (Å²) in [4.78, 5) is 28.8. The number of benzene rings is 2. The molecule has 2 aromatic carbocycles. The highest BCUT2D eigenvalue weighted by atomic mass is 16.7. The van der Waals surface area contributed by atoms with E-state index in [9.17, 15) is 14.7 Å². The van der Waals surface area contributed by atoms with Crippen molar-refractivity contribution in [2.75, 3.05) is 13.2 Å². The molecule has 0 radical (unpaired) electrons. The van der Waals surface area contributed by atoms with Gasteiger partial charge in [0.2, 0.25) is 6.41 Å². The predicted octanol–water partition coefficient (Wildman–Crippen LogP) is 2.77. The number of carboxylic acids is 1. The van der Waals surface area contributed by atoms with Gasteiger partial charge in [0, 0.05) is 5.92 Å². The molecule has 1 amide bonds. The highest BCUT2D eigenvalue weighted by molar-refractivity contribution is 5.79. The van der Waals surface area contributed by atoms with Crippen LogP contribution in [0.4, 0.5) is 0 Å². The number of carbonyl (C=O) groups excluding carboxylic acids is 1. The molecule has 3 N–H and O–H groups in total. The van der Waals surface area contributed by atoms with Gasteiger partial charge in [-0.15, -0.1) is 0 Å². The number of carboxylic acid groups (broad SMARTS) is 1. The zero-order chi connectivity index (χ0) is 19.2. The van der Waals surface area contributed by atoms with Crippen LogP contribution < -0.4 is 5.73 Å². The number of aliphatic carboxylic acids is 1. The Morgan fingerprint density at radius 3 is 2.22 bits per heavy atom. The van der Waals surface area contributed by atoms with Gasteiger partial charge >= 0.3 is 5.97 Å². The second kappa shape index (κ2) is 8.79. The molecule has 6 nitrogen and oxygen atoms in total. The molecule has 1 aliphatic rings. The van der Waals surface area contributed by atoms with Crippen LogP contribution in [0, 0.1) is 0 Å². The Morgan fingerprint density at radius 2 is 1.70 bits per heavy atom. The van der Waals surface area contributed by atoms with Crippen LogP contribution in [0.2, 0.25) is 0 Å². The number of hydroxylamine groups is 2. The third-order valence-electron chi connectivity index (χ3n) is 4.98. The lowest BCUT2D eigenvalue weighted by Crippen LogP contribution is -2.41. The van der Waals surface area contributed by atoms with Crippen molar-refractivity contribution in [2.24, 2.45) is 5.73 Å². The largest absolute Gasteiger partial charge is 0.480 e. The second-order valence-corrected chi connectivity index (χ2v) is 6.63. The maximum atomic E-state index is 11.6. The van der Waals surface area contributed by atoms with Gasteiger partial charge in [-0.25, -0.2) is 9.86 Å². The van der Waals surface area contributed by atoms with Crippen molar-refractivity contribution >= 4 is 12.4 Å². The fraction of sp³-hybridized carbons (Fsp3) is 0.333. The van der Waals surface area contributed by atoms with E-state index in [1.54, 1.807) is 0 Å². The lowest BCUT2D eigenvalue weighted by atomic mass is 9.98. The summed E-state index contributed by atoms with van der Waals surface area (Å²) in [6, 6.07) is 15.2. The van der Waals surface area contributed by atoms with Gasteiger partial charge in [-0.1, -0.05) is 48.5 Å². The number of fused-ring (bicyclic) bond motifs is 3.